The second kappa shape index (κ2) is 8.79. The molecule has 1 unspecified atom stereocenters. The normalized spacial score (nSPS) is 40.1. The number of ether oxygens (including phenoxy) is 3. The van der Waals surface area contributed by atoms with Crippen LogP contribution in [0.25, 0.3) is 0 Å². The van der Waals surface area contributed by atoms with Crippen LogP contribution in [0.1, 0.15) is 65.5 Å². The third-order valence-corrected chi connectivity index (χ3v) is 10.2. The Hall–Kier alpha value is -2.94. The number of Topliss-reactive ketones (excluding diaryl/α,β-unsaturated/α-hetero) is 1. The number of aliphatic hydroxyl groups is 1. The van der Waals surface area contributed by atoms with Gasteiger partial charge >= 0.3 is 17.9 Å². The van der Waals surface area contributed by atoms with E-state index < -0.39 is 64.3 Å². The van der Waals surface area contributed by atoms with Crippen molar-refractivity contribution in [1.82, 2.24) is 0 Å². The number of hydrogen-bond donors (Lipinski definition) is 1. The Labute approximate surface area is 221 Å². The maximum atomic E-state index is 14.3. The summed E-state index contributed by atoms with van der Waals surface area (Å²) in [6, 6.07) is 1.79. The lowest BCUT2D eigenvalue weighted by Gasteiger charge is -2.65. The predicted octanol–water partition coefficient (Wildman–Crippen LogP) is 3.55. The number of rotatable bonds is 4. The molecule has 1 aliphatic heterocycles. The number of ketones is 1. The number of fused-ring (bicyclic) bond motifs is 6. The molecular weight excluding hydrogens is 492 g/mol. The monoisotopic (exact) mass is 528 g/mol. The molecule has 4 aliphatic rings. The van der Waals surface area contributed by atoms with Crippen LogP contribution in [0.3, 0.4) is 0 Å². The Morgan fingerprint density at radius 2 is 1.87 bits per heavy atom. The highest BCUT2D eigenvalue weighted by molar-refractivity contribution is 5.92. The third kappa shape index (κ3) is 3.53. The average molecular weight is 529 g/mol. The van der Waals surface area contributed by atoms with Crippen LogP contribution in [0.5, 0.6) is 0 Å². The van der Waals surface area contributed by atoms with Gasteiger partial charge in [-0.1, -0.05) is 27.7 Å². The van der Waals surface area contributed by atoms with Crippen molar-refractivity contribution in [3.05, 3.63) is 35.8 Å². The first-order valence-electron chi connectivity index (χ1n) is 13.2. The van der Waals surface area contributed by atoms with E-state index in [1.54, 1.807) is 24.7 Å². The lowest BCUT2D eigenvalue weighted by molar-refractivity contribution is -0.223. The first-order chi connectivity index (χ1) is 17.8. The molecule has 3 aliphatic carbocycles. The van der Waals surface area contributed by atoms with Crippen molar-refractivity contribution in [2.75, 3.05) is 7.11 Å². The summed E-state index contributed by atoms with van der Waals surface area (Å²) in [6.07, 6.45) is 3.33. The number of carbonyl (C=O) groups is 4. The number of carbonyl (C=O) groups excluding carboxylic acids is 4. The van der Waals surface area contributed by atoms with Crippen molar-refractivity contribution in [2.24, 2.45) is 39.9 Å². The highest BCUT2D eigenvalue weighted by Gasteiger charge is 2.71. The highest BCUT2D eigenvalue weighted by atomic mass is 16.6. The zero-order valence-corrected chi connectivity index (χ0v) is 22.7. The van der Waals surface area contributed by atoms with Crippen LogP contribution in [0.4, 0.5) is 0 Å². The van der Waals surface area contributed by atoms with Crippen LogP contribution >= 0.6 is 0 Å². The van der Waals surface area contributed by atoms with Crippen molar-refractivity contribution in [3.8, 4) is 0 Å². The first kappa shape index (κ1) is 26.7. The molecule has 9 nitrogen and oxygen atoms in total. The summed E-state index contributed by atoms with van der Waals surface area (Å²) in [6.45, 7) is 8.88. The number of esters is 3. The predicted molar refractivity (Wildman–Crippen MR) is 132 cm³/mol. The molecule has 0 radical (unpaired) electrons. The second-order valence-electron chi connectivity index (χ2n) is 12.4. The van der Waals surface area contributed by atoms with E-state index in [1.165, 1.54) is 14.0 Å². The van der Waals surface area contributed by atoms with Crippen LogP contribution < -0.4 is 0 Å². The van der Waals surface area contributed by atoms with Crippen LogP contribution in [0.15, 0.2) is 34.7 Å². The molecule has 0 saturated heterocycles. The van der Waals surface area contributed by atoms with Gasteiger partial charge < -0.3 is 23.7 Å². The van der Waals surface area contributed by atoms with E-state index in [4.69, 9.17) is 18.6 Å². The van der Waals surface area contributed by atoms with E-state index in [1.807, 2.05) is 20.8 Å². The third-order valence-electron chi connectivity index (χ3n) is 10.2. The average Bonchev–Trinajstić information content (AvgIpc) is 3.38. The number of methoxy groups -OCH3 is 1. The summed E-state index contributed by atoms with van der Waals surface area (Å²) in [4.78, 5) is 52.1. The van der Waals surface area contributed by atoms with Gasteiger partial charge in [0.15, 0.2) is 6.10 Å². The van der Waals surface area contributed by atoms with Gasteiger partial charge in [-0.3, -0.25) is 9.59 Å². The van der Waals surface area contributed by atoms with E-state index in [0.717, 1.165) is 11.1 Å². The van der Waals surface area contributed by atoms with Gasteiger partial charge in [0, 0.05) is 40.7 Å². The Morgan fingerprint density at radius 1 is 1.16 bits per heavy atom. The molecule has 0 aromatic carbocycles. The largest absolute Gasteiger partial charge is 0.472 e. The molecule has 38 heavy (non-hydrogen) atoms. The Balaban J connectivity index is 1.66. The van der Waals surface area contributed by atoms with Gasteiger partial charge in [-0.25, -0.2) is 9.59 Å². The Morgan fingerprint density at radius 3 is 2.47 bits per heavy atom. The van der Waals surface area contributed by atoms with E-state index in [0.29, 0.717) is 19.3 Å². The smallest absolute Gasteiger partial charge is 0.335 e. The van der Waals surface area contributed by atoms with Crippen LogP contribution in [-0.2, 0) is 33.4 Å². The number of aliphatic hydroxyl groups excluding tert-OH is 1. The molecule has 0 spiro atoms. The van der Waals surface area contributed by atoms with E-state index in [9.17, 15) is 24.3 Å². The van der Waals surface area contributed by atoms with E-state index in [2.05, 4.69) is 6.92 Å². The zero-order valence-electron chi connectivity index (χ0n) is 22.7. The molecule has 1 aromatic heterocycles. The minimum atomic E-state index is -1.60. The van der Waals surface area contributed by atoms with Crippen LogP contribution in [0, 0.1) is 39.9 Å². The Kier molecular flexibility index (Phi) is 6.17. The van der Waals surface area contributed by atoms with Crippen molar-refractivity contribution < 1.29 is 42.9 Å². The molecule has 206 valence electrons. The summed E-state index contributed by atoms with van der Waals surface area (Å²) in [5.74, 6) is -3.95. The van der Waals surface area contributed by atoms with Gasteiger partial charge in [-0.2, -0.15) is 0 Å². The zero-order chi connectivity index (χ0) is 27.8. The quantitative estimate of drug-likeness (QED) is 0.461. The van der Waals surface area contributed by atoms with Crippen molar-refractivity contribution in [2.45, 2.75) is 72.2 Å². The fraction of sp³-hybridized carbons (Fsp3) is 0.655. The van der Waals surface area contributed by atoms with Gasteiger partial charge in [0.05, 0.1) is 25.6 Å². The number of cyclic esters (lactones) is 1. The van der Waals surface area contributed by atoms with Gasteiger partial charge in [-0.05, 0) is 42.7 Å². The van der Waals surface area contributed by atoms with Crippen LogP contribution in [0.2, 0.25) is 0 Å². The van der Waals surface area contributed by atoms with Gasteiger partial charge in [0.25, 0.3) is 0 Å². The maximum absolute atomic E-state index is 14.3. The minimum Gasteiger partial charge on any atom is -0.472 e. The molecule has 1 aromatic rings. The molecule has 9 atom stereocenters. The fourth-order valence-corrected chi connectivity index (χ4v) is 8.75. The van der Waals surface area contributed by atoms with Gasteiger partial charge in [0.2, 0.25) is 0 Å². The summed E-state index contributed by atoms with van der Waals surface area (Å²) in [7, 11) is 1.20. The van der Waals surface area contributed by atoms with Crippen LogP contribution in [-0.4, -0.2) is 48.1 Å². The Bertz CT molecular complexity index is 1200. The molecule has 2 heterocycles. The molecule has 9 heteroatoms. The van der Waals surface area contributed by atoms with Gasteiger partial charge in [-0.15, -0.1) is 0 Å². The second-order valence-corrected chi connectivity index (χ2v) is 12.4. The molecule has 1 N–H and O–H groups in total. The fourth-order valence-electron chi connectivity index (χ4n) is 8.75. The summed E-state index contributed by atoms with van der Waals surface area (Å²) in [5, 5.41) is 11.3. The van der Waals surface area contributed by atoms with Crippen molar-refractivity contribution in [1.29, 1.82) is 0 Å². The van der Waals surface area contributed by atoms with Crippen molar-refractivity contribution >= 4 is 23.7 Å². The highest BCUT2D eigenvalue weighted by Crippen LogP contribution is 2.69. The molecule has 3 saturated carbocycles. The van der Waals surface area contributed by atoms with Gasteiger partial charge in [0.1, 0.15) is 18.0 Å². The molecule has 5 rings (SSSR count). The van der Waals surface area contributed by atoms with E-state index >= 15 is 0 Å². The topological polar surface area (TPSA) is 129 Å². The molecular formula is C29H36O9. The molecule has 2 bridgehead atoms. The van der Waals surface area contributed by atoms with E-state index in [-0.39, 0.29) is 17.6 Å². The minimum absolute atomic E-state index is 0.119. The lowest BCUT2D eigenvalue weighted by atomic mass is 9.38. The summed E-state index contributed by atoms with van der Waals surface area (Å²) in [5.41, 5.74) is -0.922. The standard InChI is InChI=1S/C29H36O9/c1-14(30)37-25-17-11-16-18(29(5,23(17)33)22(27(25,2)3)21(32)26(34)35-6)7-9-28(4)19(16)12-20(31)38-24(28)15-8-10-36-13-15/h8,10,12-13,16-18,21-22,24-25,32H,7,9,11H2,1-6H3/t16-,17-,18+,21-,22?,24+,25-,28-,29-/m1/s1. The van der Waals surface area contributed by atoms with Crippen molar-refractivity contribution in [3.63, 3.8) is 0 Å². The first-order valence-corrected chi connectivity index (χ1v) is 13.2. The molecule has 0 amide bonds. The number of hydrogen-bond acceptors (Lipinski definition) is 9. The summed E-state index contributed by atoms with van der Waals surface area (Å²) < 4.78 is 21.8. The summed E-state index contributed by atoms with van der Waals surface area (Å²) >= 11 is 0. The SMILES string of the molecule is COC(=O)[C@H](O)C1C(C)(C)[C@H](OC(C)=O)[C@@H]2C[C@H]3C4=CC(=O)O[C@@H](c5ccoc5)[C@]4(C)CC[C@@H]3[C@@]1(C)C2=O. The lowest BCUT2D eigenvalue weighted by Crippen LogP contribution is -2.70. The molecule has 3 fully saturated rings. The number of furan rings is 1. The maximum Gasteiger partial charge on any atom is 0.335 e.